The molecule has 9 heteroatoms. The summed E-state index contributed by atoms with van der Waals surface area (Å²) in [5, 5.41) is 0. The highest BCUT2D eigenvalue weighted by molar-refractivity contribution is 7.88. The van der Waals surface area contributed by atoms with Crippen molar-refractivity contribution in [2.75, 3.05) is 32.4 Å². The maximum absolute atomic E-state index is 11.4. The summed E-state index contributed by atoms with van der Waals surface area (Å²) < 4.78 is 24.4. The minimum Gasteiger partial charge on any atom is -0.295 e. The lowest BCUT2D eigenvalue weighted by Gasteiger charge is -2.32. The lowest BCUT2D eigenvalue weighted by molar-refractivity contribution is 0.0948. The molecule has 0 saturated carbocycles. The number of aromatic nitrogens is 1. The molecule has 0 aliphatic carbocycles. The van der Waals surface area contributed by atoms with Crippen LogP contribution in [0.3, 0.4) is 0 Å². The van der Waals surface area contributed by atoms with Gasteiger partial charge in [0.1, 0.15) is 5.69 Å². The standard InChI is InChI=1S/C12H19N5O3S/c1-21(19,20)17-7-5-16(6-8-17)9-10-3-2-4-11(14-10)12(18)15-13/h2-4H,5-9,13H2,1H3,(H,15,18). The Morgan fingerprint density at radius 2 is 2.00 bits per heavy atom. The molecule has 116 valence electrons. The Morgan fingerprint density at radius 3 is 2.57 bits per heavy atom. The van der Waals surface area contributed by atoms with Crippen LogP contribution >= 0.6 is 0 Å². The molecule has 21 heavy (non-hydrogen) atoms. The molecular formula is C12H19N5O3S. The van der Waals surface area contributed by atoms with Gasteiger partial charge in [0.15, 0.2) is 0 Å². The largest absolute Gasteiger partial charge is 0.295 e. The van der Waals surface area contributed by atoms with E-state index in [0.29, 0.717) is 32.7 Å². The van der Waals surface area contributed by atoms with Crippen molar-refractivity contribution < 1.29 is 13.2 Å². The second-order valence-corrected chi connectivity index (χ2v) is 6.91. The van der Waals surface area contributed by atoms with Gasteiger partial charge in [-0.05, 0) is 12.1 Å². The first-order chi connectivity index (χ1) is 9.90. The van der Waals surface area contributed by atoms with Crippen LogP contribution in [0, 0.1) is 0 Å². The van der Waals surface area contributed by atoms with Crippen LogP contribution in [0.5, 0.6) is 0 Å². The molecule has 1 fully saturated rings. The Kier molecular flexibility index (Phi) is 4.88. The van der Waals surface area contributed by atoms with Crippen LogP contribution < -0.4 is 11.3 Å². The van der Waals surface area contributed by atoms with Gasteiger partial charge in [0.2, 0.25) is 10.0 Å². The minimum absolute atomic E-state index is 0.268. The van der Waals surface area contributed by atoms with Crippen LogP contribution in [0.25, 0.3) is 0 Å². The fraction of sp³-hybridized carbons (Fsp3) is 0.500. The van der Waals surface area contributed by atoms with Gasteiger partial charge in [-0.15, -0.1) is 0 Å². The summed E-state index contributed by atoms with van der Waals surface area (Å²) in [6, 6.07) is 5.17. The Balaban J connectivity index is 1.96. The molecule has 0 atom stereocenters. The second-order valence-electron chi connectivity index (χ2n) is 4.93. The first-order valence-electron chi connectivity index (χ1n) is 6.54. The molecule has 2 heterocycles. The molecule has 0 aromatic carbocycles. The van der Waals surface area contributed by atoms with Crippen molar-refractivity contribution in [2.45, 2.75) is 6.54 Å². The van der Waals surface area contributed by atoms with E-state index in [1.54, 1.807) is 12.1 Å². The molecular weight excluding hydrogens is 294 g/mol. The third-order valence-corrected chi connectivity index (χ3v) is 4.66. The van der Waals surface area contributed by atoms with Crippen LogP contribution in [-0.4, -0.2) is 60.9 Å². The highest BCUT2D eigenvalue weighted by atomic mass is 32.2. The molecule has 1 aliphatic heterocycles. The van der Waals surface area contributed by atoms with Gasteiger partial charge in [0.05, 0.1) is 11.9 Å². The Hall–Kier alpha value is -1.55. The fourth-order valence-corrected chi connectivity index (χ4v) is 3.04. The first kappa shape index (κ1) is 15.8. The third kappa shape index (κ3) is 4.21. The first-order valence-corrected chi connectivity index (χ1v) is 8.39. The van der Waals surface area contributed by atoms with Gasteiger partial charge in [-0.2, -0.15) is 4.31 Å². The second kappa shape index (κ2) is 6.48. The third-order valence-electron chi connectivity index (χ3n) is 3.36. The molecule has 3 N–H and O–H groups in total. The summed E-state index contributed by atoms with van der Waals surface area (Å²) in [5.74, 6) is 4.65. The number of amides is 1. The van der Waals surface area contributed by atoms with Crippen molar-refractivity contribution in [1.82, 2.24) is 19.6 Å². The number of nitrogens with zero attached hydrogens (tertiary/aromatic N) is 3. The number of pyridine rings is 1. The lowest BCUT2D eigenvalue weighted by atomic mass is 10.2. The monoisotopic (exact) mass is 313 g/mol. The van der Waals surface area contributed by atoms with Crippen LogP contribution in [0.15, 0.2) is 18.2 Å². The van der Waals surface area contributed by atoms with Crippen molar-refractivity contribution in [3.05, 3.63) is 29.6 Å². The number of hydrogen-bond acceptors (Lipinski definition) is 6. The fourth-order valence-electron chi connectivity index (χ4n) is 2.22. The highest BCUT2D eigenvalue weighted by Crippen LogP contribution is 2.10. The van der Waals surface area contributed by atoms with Gasteiger partial charge < -0.3 is 0 Å². The van der Waals surface area contributed by atoms with Gasteiger partial charge in [-0.3, -0.25) is 15.1 Å². The summed E-state index contributed by atoms with van der Waals surface area (Å²) in [4.78, 5) is 17.8. The molecule has 1 aromatic rings. The SMILES string of the molecule is CS(=O)(=O)N1CCN(Cc2cccc(C(=O)NN)n2)CC1. The Bertz CT molecular complexity index is 611. The Labute approximate surface area is 124 Å². The summed E-state index contributed by atoms with van der Waals surface area (Å²) >= 11 is 0. The number of piperazine rings is 1. The number of nitrogen functional groups attached to an aromatic ring is 1. The number of nitrogens with one attached hydrogen (secondary N) is 1. The molecule has 2 rings (SSSR count). The maximum atomic E-state index is 11.4. The molecule has 0 unspecified atom stereocenters. The molecule has 0 spiro atoms. The zero-order valence-electron chi connectivity index (χ0n) is 11.8. The summed E-state index contributed by atoms with van der Waals surface area (Å²) in [6.07, 6.45) is 1.22. The molecule has 1 amide bonds. The van der Waals surface area contributed by atoms with Crippen LogP contribution in [0.1, 0.15) is 16.2 Å². The van der Waals surface area contributed by atoms with Gasteiger partial charge in [0, 0.05) is 32.7 Å². The van der Waals surface area contributed by atoms with Crippen molar-refractivity contribution in [3.63, 3.8) is 0 Å². The van der Waals surface area contributed by atoms with Crippen LogP contribution in [0.4, 0.5) is 0 Å². The molecule has 1 saturated heterocycles. The predicted octanol–water partition coefficient (Wildman–Crippen LogP) is -1.24. The van der Waals surface area contributed by atoms with E-state index < -0.39 is 15.9 Å². The summed E-state index contributed by atoms with van der Waals surface area (Å²) in [7, 11) is -3.12. The van der Waals surface area contributed by atoms with Crippen molar-refractivity contribution >= 4 is 15.9 Å². The zero-order chi connectivity index (χ0) is 15.5. The van der Waals surface area contributed by atoms with Crippen molar-refractivity contribution in [1.29, 1.82) is 0 Å². The van der Waals surface area contributed by atoms with E-state index in [2.05, 4.69) is 9.88 Å². The normalized spacial score (nSPS) is 17.6. The number of hydrogen-bond donors (Lipinski definition) is 2. The number of carbonyl (C=O) groups is 1. The van der Waals surface area contributed by atoms with E-state index in [-0.39, 0.29) is 5.69 Å². The number of hydrazine groups is 1. The van der Waals surface area contributed by atoms with Gasteiger partial charge in [0.25, 0.3) is 5.91 Å². The highest BCUT2D eigenvalue weighted by Gasteiger charge is 2.23. The lowest BCUT2D eigenvalue weighted by Crippen LogP contribution is -2.47. The molecule has 1 aliphatic rings. The maximum Gasteiger partial charge on any atom is 0.283 e. The predicted molar refractivity (Wildman–Crippen MR) is 77.6 cm³/mol. The number of rotatable bonds is 4. The smallest absolute Gasteiger partial charge is 0.283 e. The van der Waals surface area contributed by atoms with Crippen molar-refractivity contribution in [3.8, 4) is 0 Å². The van der Waals surface area contributed by atoms with E-state index in [1.165, 1.54) is 10.6 Å². The topological polar surface area (TPSA) is 109 Å². The molecule has 1 aromatic heterocycles. The van der Waals surface area contributed by atoms with Gasteiger partial charge in [-0.25, -0.2) is 19.2 Å². The van der Waals surface area contributed by atoms with Crippen LogP contribution in [0.2, 0.25) is 0 Å². The van der Waals surface area contributed by atoms with E-state index >= 15 is 0 Å². The van der Waals surface area contributed by atoms with Crippen LogP contribution in [-0.2, 0) is 16.6 Å². The average Bonchev–Trinajstić information content (AvgIpc) is 2.46. The molecule has 0 radical (unpaired) electrons. The van der Waals surface area contributed by atoms with E-state index in [4.69, 9.17) is 5.84 Å². The number of nitrogens with two attached hydrogens (primary N) is 1. The van der Waals surface area contributed by atoms with Crippen molar-refractivity contribution in [2.24, 2.45) is 5.84 Å². The number of sulfonamides is 1. The van der Waals surface area contributed by atoms with E-state index in [9.17, 15) is 13.2 Å². The summed E-state index contributed by atoms with van der Waals surface area (Å²) in [5.41, 5.74) is 3.07. The van der Waals surface area contributed by atoms with E-state index in [1.807, 2.05) is 11.5 Å². The van der Waals surface area contributed by atoms with Gasteiger partial charge in [-0.1, -0.05) is 6.07 Å². The quantitative estimate of drug-likeness (QED) is 0.409. The summed E-state index contributed by atoms with van der Waals surface area (Å²) in [6.45, 7) is 2.80. The number of carbonyl (C=O) groups excluding carboxylic acids is 1. The Morgan fingerprint density at radius 1 is 1.33 bits per heavy atom. The zero-order valence-corrected chi connectivity index (χ0v) is 12.6. The minimum atomic E-state index is -3.12. The molecule has 0 bridgehead atoms. The molecule has 8 nitrogen and oxygen atoms in total. The van der Waals surface area contributed by atoms with E-state index in [0.717, 1.165) is 5.69 Å². The average molecular weight is 313 g/mol. The van der Waals surface area contributed by atoms with Gasteiger partial charge >= 0.3 is 0 Å².